The highest BCUT2D eigenvalue weighted by molar-refractivity contribution is 8.14. The first kappa shape index (κ1) is 25.7. The number of halogens is 7. The number of hydrogen-bond donors (Lipinski definition) is 0. The molecule has 184 valence electrons. The van der Waals surface area contributed by atoms with Crippen LogP contribution in [0.4, 0.5) is 41.2 Å². The Bertz CT molecular complexity index is 1060. The Kier molecular flexibility index (Phi) is 7.64. The highest BCUT2D eigenvalue weighted by Gasteiger charge is 2.40. The van der Waals surface area contributed by atoms with Crippen LogP contribution in [0.1, 0.15) is 11.1 Å². The minimum Gasteiger partial charge on any atom is -0.481 e. The Morgan fingerprint density at radius 1 is 1.03 bits per heavy atom. The van der Waals surface area contributed by atoms with Crippen molar-refractivity contribution in [3.8, 4) is 5.75 Å². The van der Waals surface area contributed by atoms with E-state index in [1.54, 1.807) is 24.3 Å². The Morgan fingerprint density at radius 2 is 1.71 bits per heavy atom. The Hall–Kier alpha value is -2.96. The third-order valence-electron chi connectivity index (χ3n) is 4.48. The van der Waals surface area contributed by atoms with Gasteiger partial charge in [0.25, 0.3) is 0 Å². The quantitative estimate of drug-likeness (QED) is 0.441. The summed E-state index contributed by atoms with van der Waals surface area (Å²) < 4.78 is 94.6. The van der Waals surface area contributed by atoms with Crippen LogP contribution < -0.4 is 9.64 Å². The van der Waals surface area contributed by atoms with Crippen molar-refractivity contribution in [1.82, 2.24) is 4.90 Å². The van der Waals surface area contributed by atoms with E-state index in [-0.39, 0.29) is 23.2 Å². The minimum atomic E-state index is -4.70. The lowest BCUT2D eigenvalue weighted by atomic mass is 10.2. The molecule has 0 unspecified atom stereocenters. The number of amidine groups is 1. The molecular formula is C21H18F7N3O2S. The van der Waals surface area contributed by atoms with Gasteiger partial charge in [0.1, 0.15) is 6.54 Å². The molecule has 3 rings (SSSR count). The van der Waals surface area contributed by atoms with E-state index in [1.807, 2.05) is 6.92 Å². The molecule has 13 heteroatoms. The van der Waals surface area contributed by atoms with E-state index in [1.165, 1.54) is 11.0 Å². The van der Waals surface area contributed by atoms with Crippen molar-refractivity contribution in [3.63, 3.8) is 0 Å². The maximum Gasteiger partial charge on any atom is 0.422 e. The van der Waals surface area contributed by atoms with E-state index in [9.17, 15) is 35.5 Å². The zero-order valence-corrected chi connectivity index (χ0v) is 18.4. The lowest BCUT2D eigenvalue weighted by Gasteiger charge is -2.36. The van der Waals surface area contributed by atoms with Gasteiger partial charge < -0.3 is 4.74 Å². The molecule has 0 radical (unpaired) electrons. The van der Waals surface area contributed by atoms with Gasteiger partial charge in [0.05, 0.1) is 12.4 Å². The minimum absolute atomic E-state index is 0.00761. The summed E-state index contributed by atoms with van der Waals surface area (Å²) in [7, 11) is 0. The second-order valence-electron chi connectivity index (χ2n) is 7.29. The highest BCUT2D eigenvalue weighted by atomic mass is 32.2. The molecule has 0 saturated carbocycles. The molecule has 1 aliphatic heterocycles. The van der Waals surface area contributed by atoms with E-state index < -0.39 is 43.1 Å². The highest BCUT2D eigenvalue weighted by Crippen LogP contribution is 2.30. The van der Waals surface area contributed by atoms with Gasteiger partial charge in [-0.15, -0.1) is 0 Å². The van der Waals surface area contributed by atoms with Gasteiger partial charge in [0, 0.05) is 5.69 Å². The van der Waals surface area contributed by atoms with Crippen molar-refractivity contribution in [2.75, 3.05) is 23.9 Å². The van der Waals surface area contributed by atoms with Crippen molar-refractivity contribution in [3.05, 3.63) is 59.4 Å². The third kappa shape index (κ3) is 7.02. The number of rotatable bonds is 6. The largest absolute Gasteiger partial charge is 0.481 e. The number of hydrogen-bond acceptors (Lipinski definition) is 4. The molecule has 2 amide bonds. The summed E-state index contributed by atoms with van der Waals surface area (Å²) in [6.45, 7) is -1.72. The van der Waals surface area contributed by atoms with Crippen molar-refractivity contribution < 1.29 is 40.3 Å². The van der Waals surface area contributed by atoms with E-state index in [0.717, 1.165) is 29.5 Å². The molecule has 1 heterocycles. The lowest BCUT2D eigenvalue weighted by molar-refractivity contribution is -0.153. The average molecular weight is 509 g/mol. The van der Waals surface area contributed by atoms with Crippen molar-refractivity contribution in [2.24, 2.45) is 4.99 Å². The Morgan fingerprint density at radius 3 is 2.29 bits per heavy atom. The molecule has 0 atom stereocenters. The van der Waals surface area contributed by atoms with E-state index in [2.05, 4.69) is 9.73 Å². The van der Waals surface area contributed by atoms with Gasteiger partial charge in [-0.2, -0.15) is 26.3 Å². The monoisotopic (exact) mass is 509 g/mol. The second kappa shape index (κ2) is 10.1. The normalized spacial score (nSPS) is 16.4. The van der Waals surface area contributed by atoms with E-state index >= 15 is 0 Å². The van der Waals surface area contributed by atoms with Crippen LogP contribution in [0.15, 0.2) is 47.5 Å². The zero-order valence-electron chi connectivity index (χ0n) is 17.6. The first-order chi connectivity index (χ1) is 15.8. The number of ether oxygens (including phenoxy) is 1. The number of aliphatic imine (C=N–C) groups is 1. The fourth-order valence-corrected chi connectivity index (χ4v) is 3.87. The van der Waals surface area contributed by atoms with Gasteiger partial charge >= 0.3 is 18.4 Å². The molecule has 0 aromatic heterocycles. The van der Waals surface area contributed by atoms with Gasteiger partial charge in [-0.25, -0.2) is 9.18 Å². The van der Waals surface area contributed by atoms with E-state index in [4.69, 9.17) is 0 Å². The molecule has 5 nitrogen and oxygen atoms in total. The van der Waals surface area contributed by atoms with Crippen LogP contribution in [-0.4, -0.2) is 47.5 Å². The molecule has 0 aliphatic carbocycles. The van der Waals surface area contributed by atoms with Crippen molar-refractivity contribution >= 4 is 28.6 Å². The molecule has 34 heavy (non-hydrogen) atoms. The lowest BCUT2D eigenvalue weighted by Crippen LogP contribution is -2.53. The summed E-state index contributed by atoms with van der Waals surface area (Å²) in [5.74, 6) is -1.69. The molecular weight excluding hydrogens is 491 g/mol. The van der Waals surface area contributed by atoms with Crippen molar-refractivity contribution in [2.45, 2.75) is 25.8 Å². The molecule has 1 fully saturated rings. The Labute approximate surface area is 194 Å². The zero-order chi connectivity index (χ0) is 25.1. The maximum absolute atomic E-state index is 14.1. The van der Waals surface area contributed by atoms with Crippen molar-refractivity contribution in [1.29, 1.82) is 0 Å². The molecule has 0 N–H and O–H groups in total. The molecule has 0 bridgehead atoms. The van der Waals surface area contributed by atoms with Crippen LogP contribution in [0.3, 0.4) is 0 Å². The maximum atomic E-state index is 14.1. The fourth-order valence-electron chi connectivity index (χ4n) is 2.92. The fraction of sp³-hybridized carbons (Fsp3) is 0.333. The first-order valence-corrected chi connectivity index (χ1v) is 10.7. The number of carbonyl (C=O) groups excluding carboxylic acids is 1. The number of amides is 2. The van der Waals surface area contributed by atoms with Gasteiger partial charge in [-0.05, 0) is 36.8 Å². The van der Waals surface area contributed by atoms with Crippen LogP contribution in [0, 0.1) is 12.7 Å². The van der Waals surface area contributed by atoms with Gasteiger partial charge in [-0.3, -0.25) is 14.8 Å². The molecule has 2 aromatic rings. The summed E-state index contributed by atoms with van der Waals surface area (Å²) in [5.41, 5.74) is 1.51. The predicted molar refractivity (Wildman–Crippen MR) is 113 cm³/mol. The number of nitrogens with zero attached hydrogens (tertiary/aromatic N) is 3. The number of anilines is 1. The topological polar surface area (TPSA) is 45.1 Å². The van der Waals surface area contributed by atoms with Crippen LogP contribution in [0.5, 0.6) is 5.75 Å². The van der Waals surface area contributed by atoms with Gasteiger partial charge in [-0.1, -0.05) is 35.5 Å². The predicted octanol–water partition coefficient (Wildman–Crippen LogP) is 6.13. The summed E-state index contributed by atoms with van der Waals surface area (Å²) >= 11 is 0.898. The smallest absolute Gasteiger partial charge is 0.422 e. The summed E-state index contributed by atoms with van der Waals surface area (Å²) in [6, 6.07) is 8.85. The molecule has 1 saturated heterocycles. The summed E-state index contributed by atoms with van der Waals surface area (Å²) in [4.78, 5) is 18.6. The number of aryl methyl sites for hydroxylation is 1. The number of urea groups is 1. The molecule has 0 spiro atoms. The summed E-state index contributed by atoms with van der Waals surface area (Å²) in [6.07, 6.45) is -9.34. The Balaban J connectivity index is 1.78. The number of carbonyl (C=O) groups is 1. The number of alkyl halides is 6. The SMILES string of the molecule is Cc1ccc(N2CS/C(=N/Cc3ccc(OCC(F)(F)F)c(F)c3)N(CC(F)(F)F)C2=O)cc1. The standard InChI is InChI=1S/C21H18F7N3O2S/c1-13-2-5-15(6-3-13)31-12-34-18(30(19(31)32)10-20(23,24)25)29-9-14-4-7-17(16(22)8-14)33-11-21(26,27)28/h2-8H,9-12H2,1H3/b29-18+. The second-order valence-corrected chi connectivity index (χ2v) is 8.20. The van der Waals surface area contributed by atoms with Crippen LogP contribution in [0.25, 0.3) is 0 Å². The molecule has 2 aromatic carbocycles. The van der Waals surface area contributed by atoms with Gasteiger partial charge in [0.15, 0.2) is 23.3 Å². The van der Waals surface area contributed by atoms with Crippen LogP contribution in [0.2, 0.25) is 0 Å². The van der Waals surface area contributed by atoms with Gasteiger partial charge in [0.2, 0.25) is 0 Å². The third-order valence-corrected chi connectivity index (χ3v) is 5.48. The number of benzene rings is 2. The average Bonchev–Trinajstić information content (AvgIpc) is 2.73. The van der Waals surface area contributed by atoms with E-state index in [0.29, 0.717) is 10.6 Å². The summed E-state index contributed by atoms with van der Waals surface area (Å²) in [5, 5.41) is -0.205. The van der Waals surface area contributed by atoms with Crippen LogP contribution in [-0.2, 0) is 6.54 Å². The molecule has 1 aliphatic rings. The van der Waals surface area contributed by atoms with Crippen LogP contribution >= 0.6 is 11.8 Å². The number of thioether (sulfide) groups is 1. The first-order valence-electron chi connectivity index (χ1n) is 9.70.